The second kappa shape index (κ2) is 5.84. The topological polar surface area (TPSA) is 92.3 Å². The van der Waals surface area contributed by atoms with Crippen molar-refractivity contribution in [2.45, 2.75) is 44.6 Å². The van der Waals surface area contributed by atoms with Crippen molar-refractivity contribution in [1.82, 2.24) is 5.32 Å². The van der Waals surface area contributed by atoms with E-state index in [1.807, 2.05) is 0 Å². The molecular weight excluding hydrogens is 348 g/mol. The first-order valence-electron chi connectivity index (χ1n) is 8.39. The van der Waals surface area contributed by atoms with Crippen LogP contribution >= 0.6 is 11.3 Å². The summed E-state index contributed by atoms with van der Waals surface area (Å²) in [5.74, 6) is -0.914. The van der Waals surface area contributed by atoms with E-state index in [-0.39, 0.29) is 29.4 Å². The molecule has 6 nitrogen and oxygen atoms in total. The molecule has 4 rings (SSSR count). The summed E-state index contributed by atoms with van der Waals surface area (Å²) in [5, 5.41) is 6.44. The van der Waals surface area contributed by atoms with Crippen molar-refractivity contribution in [2.24, 2.45) is 5.92 Å². The molecule has 2 fully saturated rings. The van der Waals surface area contributed by atoms with E-state index >= 15 is 0 Å². The van der Waals surface area contributed by atoms with Gasteiger partial charge in [0.2, 0.25) is 5.91 Å². The molecule has 1 saturated heterocycles. The van der Waals surface area contributed by atoms with Crippen molar-refractivity contribution in [3.63, 3.8) is 0 Å². The van der Waals surface area contributed by atoms with E-state index in [0.717, 1.165) is 37.7 Å². The quantitative estimate of drug-likeness (QED) is 0.842. The van der Waals surface area contributed by atoms with Gasteiger partial charge in [-0.15, -0.1) is 11.3 Å². The van der Waals surface area contributed by atoms with Gasteiger partial charge in [-0.25, -0.2) is 8.42 Å². The third kappa shape index (κ3) is 3.09. The molecule has 0 aromatic carbocycles. The molecule has 2 aliphatic carbocycles. The Hall–Kier alpha value is -1.41. The highest BCUT2D eigenvalue weighted by Gasteiger charge is 2.35. The van der Waals surface area contributed by atoms with Crippen LogP contribution in [0.4, 0.5) is 5.00 Å². The van der Waals surface area contributed by atoms with Gasteiger partial charge in [0.1, 0.15) is 5.00 Å². The van der Waals surface area contributed by atoms with Crippen LogP contribution in [0.3, 0.4) is 0 Å². The van der Waals surface area contributed by atoms with Crippen LogP contribution in [-0.2, 0) is 27.5 Å². The first-order chi connectivity index (χ1) is 11.4. The van der Waals surface area contributed by atoms with Crippen molar-refractivity contribution in [2.75, 3.05) is 16.8 Å². The van der Waals surface area contributed by atoms with Gasteiger partial charge < -0.3 is 10.6 Å². The Morgan fingerprint density at radius 3 is 2.58 bits per heavy atom. The van der Waals surface area contributed by atoms with Crippen molar-refractivity contribution in [3.05, 3.63) is 16.0 Å². The van der Waals surface area contributed by atoms with Crippen molar-refractivity contribution < 1.29 is 18.0 Å². The molecule has 1 saturated carbocycles. The van der Waals surface area contributed by atoms with Crippen molar-refractivity contribution in [3.8, 4) is 0 Å². The average molecular weight is 368 g/mol. The predicted molar refractivity (Wildman–Crippen MR) is 92.2 cm³/mol. The smallest absolute Gasteiger partial charge is 0.254 e. The summed E-state index contributed by atoms with van der Waals surface area (Å²) in [6.07, 6.45) is 5.24. The minimum Gasteiger partial charge on any atom is -0.349 e. The van der Waals surface area contributed by atoms with Crippen LogP contribution < -0.4 is 10.6 Å². The van der Waals surface area contributed by atoms with Gasteiger partial charge in [-0.1, -0.05) is 0 Å². The SMILES string of the molecule is O=C(NC1CC1)c1c(NC(=O)[C@@H]2CCS(=O)(=O)C2)sc2c1CCC2. The number of nitrogens with one attached hydrogen (secondary N) is 2. The third-order valence-corrected chi connectivity index (χ3v) is 7.88. The lowest BCUT2D eigenvalue weighted by molar-refractivity contribution is -0.119. The maximum atomic E-state index is 12.6. The number of fused-ring (bicyclic) bond motifs is 1. The summed E-state index contributed by atoms with van der Waals surface area (Å²) in [6, 6.07) is 0.262. The minimum absolute atomic E-state index is 0.0705. The third-order valence-electron chi connectivity index (χ3n) is 4.90. The zero-order valence-corrected chi connectivity index (χ0v) is 14.9. The molecule has 1 aromatic rings. The first-order valence-corrected chi connectivity index (χ1v) is 11.0. The molecule has 3 aliphatic rings. The molecule has 2 N–H and O–H groups in total. The average Bonchev–Trinajstić information content (AvgIpc) is 2.91. The van der Waals surface area contributed by atoms with Gasteiger partial charge in [0, 0.05) is 10.9 Å². The lowest BCUT2D eigenvalue weighted by Crippen LogP contribution is -2.28. The molecule has 0 spiro atoms. The van der Waals surface area contributed by atoms with Gasteiger partial charge in [0.25, 0.3) is 5.91 Å². The van der Waals surface area contributed by atoms with E-state index in [2.05, 4.69) is 10.6 Å². The minimum atomic E-state index is -3.10. The summed E-state index contributed by atoms with van der Waals surface area (Å²) in [4.78, 5) is 26.2. The number of hydrogen-bond acceptors (Lipinski definition) is 5. The number of amides is 2. The lowest BCUT2D eigenvalue weighted by atomic mass is 10.1. The Bertz CT molecular complexity index is 808. The van der Waals surface area contributed by atoms with E-state index in [0.29, 0.717) is 17.0 Å². The molecular formula is C16H20N2O4S2. The van der Waals surface area contributed by atoms with E-state index < -0.39 is 15.8 Å². The normalized spacial score (nSPS) is 24.6. The molecule has 2 amide bonds. The van der Waals surface area contributed by atoms with Gasteiger partial charge in [-0.3, -0.25) is 9.59 Å². The molecule has 1 aromatic heterocycles. The second-order valence-corrected chi connectivity index (χ2v) is 10.2. The lowest BCUT2D eigenvalue weighted by Gasteiger charge is -2.11. The Morgan fingerprint density at radius 2 is 1.92 bits per heavy atom. The van der Waals surface area contributed by atoms with Gasteiger partial charge in [-0.2, -0.15) is 0 Å². The van der Waals surface area contributed by atoms with Crippen LogP contribution in [0.15, 0.2) is 0 Å². The molecule has 24 heavy (non-hydrogen) atoms. The number of hydrogen-bond donors (Lipinski definition) is 2. The van der Waals surface area contributed by atoms with Gasteiger partial charge >= 0.3 is 0 Å². The highest BCUT2D eigenvalue weighted by molar-refractivity contribution is 7.91. The van der Waals surface area contributed by atoms with E-state index in [1.165, 1.54) is 16.2 Å². The monoisotopic (exact) mass is 368 g/mol. The Morgan fingerprint density at radius 1 is 1.12 bits per heavy atom. The summed E-state index contributed by atoms with van der Waals surface area (Å²) in [6.45, 7) is 0. The molecule has 1 atom stereocenters. The summed E-state index contributed by atoms with van der Waals surface area (Å²) < 4.78 is 23.1. The zero-order chi connectivity index (χ0) is 16.9. The van der Waals surface area contributed by atoms with Gasteiger partial charge in [-0.05, 0) is 44.1 Å². The number of sulfone groups is 1. The Kier molecular flexibility index (Phi) is 3.91. The summed E-state index contributed by atoms with van der Waals surface area (Å²) >= 11 is 1.47. The van der Waals surface area contributed by atoms with E-state index in [1.54, 1.807) is 0 Å². The molecule has 2 heterocycles. The Balaban J connectivity index is 1.56. The molecule has 8 heteroatoms. The van der Waals surface area contributed by atoms with Crippen LogP contribution in [0, 0.1) is 5.92 Å². The summed E-state index contributed by atoms with van der Waals surface area (Å²) in [5.41, 5.74) is 1.67. The van der Waals surface area contributed by atoms with Crippen molar-refractivity contribution in [1.29, 1.82) is 0 Å². The maximum Gasteiger partial charge on any atom is 0.254 e. The zero-order valence-electron chi connectivity index (χ0n) is 13.3. The fraction of sp³-hybridized carbons (Fsp3) is 0.625. The molecule has 0 radical (unpaired) electrons. The highest BCUT2D eigenvalue weighted by atomic mass is 32.2. The number of aryl methyl sites for hydroxylation is 1. The Labute approximate surface area is 144 Å². The number of carbonyl (C=O) groups is 2. The summed E-state index contributed by atoms with van der Waals surface area (Å²) in [7, 11) is -3.10. The van der Waals surface area contributed by atoms with E-state index in [9.17, 15) is 18.0 Å². The fourth-order valence-corrected chi connectivity index (χ4v) is 6.46. The maximum absolute atomic E-state index is 12.6. The van der Waals surface area contributed by atoms with Crippen LogP contribution in [0.25, 0.3) is 0 Å². The predicted octanol–water partition coefficient (Wildman–Crippen LogP) is 1.50. The van der Waals surface area contributed by atoms with Gasteiger partial charge in [0.05, 0.1) is 23.0 Å². The number of rotatable bonds is 4. The van der Waals surface area contributed by atoms with Crippen LogP contribution in [0.5, 0.6) is 0 Å². The number of thiophene rings is 1. The van der Waals surface area contributed by atoms with E-state index in [4.69, 9.17) is 0 Å². The standard InChI is InChI=1S/C16H20N2O4S2/c19-14(9-6-7-24(21,22)8-9)18-16-13(15(20)17-10-4-5-10)11-2-1-3-12(11)23-16/h9-10H,1-8H2,(H,17,20)(H,18,19)/t9-/m1/s1. The second-order valence-electron chi connectivity index (χ2n) is 6.90. The van der Waals surface area contributed by atoms with Crippen molar-refractivity contribution >= 4 is 38.0 Å². The van der Waals surface area contributed by atoms with Crippen LogP contribution in [0.1, 0.15) is 46.5 Å². The highest BCUT2D eigenvalue weighted by Crippen LogP contribution is 2.40. The first kappa shape index (κ1) is 16.1. The fourth-order valence-electron chi connectivity index (χ4n) is 3.43. The molecule has 1 aliphatic heterocycles. The molecule has 0 bridgehead atoms. The van der Waals surface area contributed by atoms with Crippen LogP contribution in [0.2, 0.25) is 0 Å². The largest absolute Gasteiger partial charge is 0.349 e. The van der Waals surface area contributed by atoms with Crippen LogP contribution in [-0.4, -0.2) is 37.8 Å². The molecule has 0 unspecified atom stereocenters. The number of anilines is 1. The number of carbonyl (C=O) groups excluding carboxylic acids is 2. The molecule has 130 valence electrons. The van der Waals surface area contributed by atoms with Gasteiger partial charge in [0.15, 0.2) is 9.84 Å².